The molecule has 2 rings (SSSR count). The average molecular weight is 271 g/mol. The van der Waals surface area contributed by atoms with Gasteiger partial charge in [0.05, 0.1) is 0 Å². The van der Waals surface area contributed by atoms with E-state index in [0.717, 1.165) is 11.4 Å². The fourth-order valence-electron chi connectivity index (χ4n) is 1.83. The number of hydrogen-bond donors (Lipinski definition) is 3. The monoisotopic (exact) mass is 271 g/mol. The molecule has 0 aliphatic carbocycles. The number of amides is 2. The lowest BCUT2D eigenvalue weighted by Crippen LogP contribution is -2.12. The zero-order valence-corrected chi connectivity index (χ0v) is 11.3. The van der Waals surface area contributed by atoms with E-state index in [9.17, 15) is 9.59 Å². The SMILES string of the molecule is CC(=O)Nc1ccc(NC(=O)CCc2ccc[nH]2)cc1. The Morgan fingerprint density at radius 1 is 1.05 bits per heavy atom. The molecule has 0 radical (unpaired) electrons. The molecule has 0 aliphatic heterocycles. The number of H-pyrrole nitrogens is 1. The first kappa shape index (κ1) is 13.9. The van der Waals surface area contributed by atoms with Gasteiger partial charge < -0.3 is 15.6 Å². The van der Waals surface area contributed by atoms with Crippen molar-refractivity contribution in [3.05, 3.63) is 48.3 Å². The highest BCUT2D eigenvalue weighted by Gasteiger charge is 2.04. The third-order valence-corrected chi connectivity index (χ3v) is 2.77. The summed E-state index contributed by atoms with van der Waals surface area (Å²) in [6.45, 7) is 1.45. The maximum atomic E-state index is 11.8. The molecular weight excluding hydrogens is 254 g/mol. The first-order chi connectivity index (χ1) is 9.63. The minimum atomic E-state index is -0.118. The van der Waals surface area contributed by atoms with Crippen LogP contribution in [0.4, 0.5) is 11.4 Å². The zero-order valence-electron chi connectivity index (χ0n) is 11.3. The molecule has 0 aliphatic rings. The summed E-state index contributed by atoms with van der Waals surface area (Å²) >= 11 is 0. The van der Waals surface area contributed by atoms with Crippen molar-refractivity contribution in [1.82, 2.24) is 4.98 Å². The molecule has 2 amide bonds. The maximum absolute atomic E-state index is 11.8. The Hall–Kier alpha value is -2.56. The summed E-state index contributed by atoms with van der Waals surface area (Å²) in [6, 6.07) is 10.9. The number of benzene rings is 1. The lowest BCUT2D eigenvalue weighted by molar-refractivity contribution is -0.116. The number of carbonyl (C=O) groups is 2. The van der Waals surface area contributed by atoms with Crippen molar-refractivity contribution in [2.75, 3.05) is 10.6 Å². The minimum Gasteiger partial charge on any atom is -0.365 e. The molecule has 0 spiro atoms. The smallest absolute Gasteiger partial charge is 0.224 e. The van der Waals surface area contributed by atoms with Crippen molar-refractivity contribution in [1.29, 1.82) is 0 Å². The molecule has 0 atom stereocenters. The van der Waals surface area contributed by atoms with Crippen LogP contribution < -0.4 is 10.6 Å². The van der Waals surface area contributed by atoms with Crippen LogP contribution in [0.1, 0.15) is 19.0 Å². The van der Waals surface area contributed by atoms with Crippen molar-refractivity contribution in [2.24, 2.45) is 0 Å². The molecule has 5 nitrogen and oxygen atoms in total. The Labute approximate surface area is 117 Å². The lowest BCUT2D eigenvalue weighted by atomic mass is 10.2. The molecule has 0 bridgehead atoms. The molecule has 1 aromatic carbocycles. The van der Waals surface area contributed by atoms with E-state index in [-0.39, 0.29) is 11.8 Å². The molecule has 2 aromatic rings. The molecule has 20 heavy (non-hydrogen) atoms. The molecule has 0 saturated carbocycles. The number of aromatic nitrogens is 1. The van der Waals surface area contributed by atoms with Gasteiger partial charge in [-0.15, -0.1) is 0 Å². The van der Waals surface area contributed by atoms with Crippen LogP contribution in [-0.2, 0) is 16.0 Å². The first-order valence-corrected chi connectivity index (χ1v) is 6.43. The summed E-state index contributed by atoms with van der Waals surface area (Å²) < 4.78 is 0. The second-order valence-electron chi connectivity index (χ2n) is 4.50. The summed E-state index contributed by atoms with van der Waals surface area (Å²) in [5, 5.41) is 5.49. The molecule has 1 aromatic heterocycles. The number of nitrogens with one attached hydrogen (secondary N) is 3. The molecule has 3 N–H and O–H groups in total. The molecule has 1 heterocycles. The van der Waals surface area contributed by atoms with E-state index >= 15 is 0 Å². The van der Waals surface area contributed by atoms with Gasteiger partial charge in [-0.05, 0) is 42.8 Å². The predicted octanol–water partition coefficient (Wildman–Crippen LogP) is 2.54. The number of hydrogen-bond acceptors (Lipinski definition) is 2. The van der Waals surface area contributed by atoms with Crippen LogP contribution in [0.3, 0.4) is 0 Å². The minimum absolute atomic E-state index is 0.0353. The van der Waals surface area contributed by atoms with Gasteiger partial charge >= 0.3 is 0 Å². The standard InChI is InChI=1S/C15H17N3O2/c1-11(19)17-13-4-6-14(7-5-13)18-15(20)9-8-12-3-2-10-16-12/h2-7,10,16H,8-9H2,1H3,(H,17,19)(H,18,20). The van der Waals surface area contributed by atoms with Crippen molar-refractivity contribution in [2.45, 2.75) is 19.8 Å². The van der Waals surface area contributed by atoms with Crippen molar-refractivity contribution >= 4 is 23.2 Å². The van der Waals surface area contributed by atoms with E-state index in [1.807, 2.05) is 18.3 Å². The van der Waals surface area contributed by atoms with E-state index in [1.165, 1.54) is 6.92 Å². The van der Waals surface area contributed by atoms with Gasteiger partial charge in [0.25, 0.3) is 0 Å². The van der Waals surface area contributed by atoms with Gasteiger partial charge in [0.1, 0.15) is 0 Å². The molecule has 5 heteroatoms. The fraction of sp³-hybridized carbons (Fsp3) is 0.200. The summed E-state index contributed by atoms with van der Waals surface area (Å²) in [5.74, 6) is -0.153. The second-order valence-corrected chi connectivity index (χ2v) is 4.50. The third-order valence-electron chi connectivity index (χ3n) is 2.77. The van der Waals surface area contributed by atoms with Gasteiger partial charge in [-0.25, -0.2) is 0 Å². The largest absolute Gasteiger partial charge is 0.365 e. The lowest BCUT2D eigenvalue weighted by Gasteiger charge is -2.06. The van der Waals surface area contributed by atoms with Crippen LogP contribution in [0.25, 0.3) is 0 Å². The highest BCUT2D eigenvalue weighted by molar-refractivity contribution is 5.92. The highest BCUT2D eigenvalue weighted by Crippen LogP contribution is 2.14. The predicted molar refractivity (Wildman–Crippen MR) is 78.5 cm³/mol. The first-order valence-electron chi connectivity index (χ1n) is 6.43. The van der Waals surface area contributed by atoms with Gasteiger partial charge in [0.2, 0.25) is 11.8 Å². The second kappa shape index (κ2) is 6.56. The Kier molecular flexibility index (Phi) is 4.55. The molecule has 0 fully saturated rings. The number of rotatable bonds is 5. The quantitative estimate of drug-likeness (QED) is 0.781. The van der Waals surface area contributed by atoms with E-state index in [4.69, 9.17) is 0 Å². The normalized spacial score (nSPS) is 10.1. The number of carbonyl (C=O) groups excluding carboxylic acids is 2. The Morgan fingerprint density at radius 3 is 2.25 bits per heavy atom. The van der Waals surface area contributed by atoms with Gasteiger partial charge in [-0.3, -0.25) is 9.59 Å². The maximum Gasteiger partial charge on any atom is 0.224 e. The van der Waals surface area contributed by atoms with Gasteiger partial charge in [0, 0.05) is 36.6 Å². The summed E-state index contributed by atoms with van der Waals surface area (Å²) in [7, 11) is 0. The summed E-state index contributed by atoms with van der Waals surface area (Å²) in [6.07, 6.45) is 2.95. The van der Waals surface area contributed by atoms with Crippen molar-refractivity contribution in [3.8, 4) is 0 Å². The van der Waals surface area contributed by atoms with E-state index in [0.29, 0.717) is 18.5 Å². The molecule has 104 valence electrons. The van der Waals surface area contributed by atoms with E-state index in [1.54, 1.807) is 24.3 Å². The van der Waals surface area contributed by atoms with Crippen molar-refractivity contribution in [3.63, 3.8) is 0 Å². The van der Waals surface area contributed by atoms with Crippen LogP contribution in [0.5, 0.6) is 0 Å². The van der Waals surface area contributed by atoms with Gasteiger partial charge in [-0.2, -0.15) is 0 Å². The number of aromatic amines is 1. The van der Waals surface area contributed by atoms with Crippen molar-refractivity contribution < 1.29 is 9.59 Å². The van der Waals surface area contributed by atoms with Crippen LogP contribution in [0, 0.1) is 0 Å². The van der Waals surface area contributed by atoms with Gasteiger partial charge in [-0.1, -0.05) is 0 Å². The molecular formula is C15H17N3O2. The van der Waals surface area contributed by atoms with Gasteiger partial charge in [0.15, 0.2) is 0 Å². The number of aryl methyl sites for hydroxylation is 1. The Morgan fingerprint density at radius 2 is 1.70 bits per heavy atom. The van der Waals surface area contributed by atoms with E-state index < -0.39 is 0 Å². The zero-order chi connectivity index (χ0) is 14.4. The van der Waals surface area contributed by atoms with Crippen LogP contribution in [0.15, 0.2) is 42.6 Å². The molecule has 0 unspecified atom stereocenters. The van der Waals surface area contributed by atoms with Crippen LogP contribution >= 0.6 is 0 Å². The fourth-order valence-corrected chi connectivity index (χ4v) is 1.83. The van der Waals surface area contributed by atoms with Crippen LogP contribution in [-0.4, -0.2) is 16.8 Å². The Balaban J connectivity index is 1.83. The summed E-state index contributed by atoms with van der Waals surface area (Å²) in [5.41, 5.74) is 2.47. The highest BCUT2D eigenvalue weighted by atomic mass is 16.2. The third kappa shape index (κ3) is 4.28. The Bertz CT molecular complexity index is 574. The van der Waals surface area contributed by atoms with E-state index in [2.05, 4.69) is 15.6 Å². The molecule has 0 saturated heterocycles. The average Bonchev–Trinajstić information content (AvgIpc) is 2.91. The summed E-state index contributed by atoms with van der Waals surface area (Å²) in [4.78, 5) is 25.7. The van der Waals surface area contributed by atoms with Crippen LogP contribution in [0.2, 0.25) is 0 Å². The number of anilines is 2. The topological polar surface area (TPSA) is 74.0 Å².